The minimum absolute atomic E-state index is 0.00469. The van der Waals surface area contributed by atoms with Crippen LogP contribution in [0.4, 0.5) is 0 Å². The standard InChI is InChI=1S/C20H25N3O3/c1-14(21)18-13-23(9-10-26-18)20(25)12-22-19(24)11-16-7-4-6-15-5-2-3-8-17(15)16/h2-8,14,18H,9-13,21H2,1H3,(H,22,24)/t14-,18-/m1/s1. The van der Waals surface area contributed by atoms with Crippen LogP contribution in [0.1, 0.15) is 12.5 Å². The molecule has 1 fully saturated rings. The van der Waals surface area contributed by atoms with Gasteiger partial charge in [-0.3, -0.25) is 9.59 Å². The van der Waals surface area contributed by atoms with Crippen LogP contribution in [0.15, 0.2) is 42.5 Å². The van der Waals surface area contributed by atoms with Gasteiger partial charge in [-0.25, -0.2) is 0 Å². The third-order valence-electron chi connectivity index (χ3n) is 4.70. The van der Waals surface area contributed by atoms with Crippen molar-refractivity contribution in [3.05, 3.63) is 48.0 Å². The molecule has 1 aliphatic rings. The van der Waals surface area contributed by atoms with E-state index < -0.39 is 0 Å². The number of ether oxygens (including phenoxy) is 1. The maximum atomic E-state index is 12.4. The zero-order valence-corrected chi connectivity index (χ0v) is 15.0. The van der Waals surface area contributed by atoms with E-state index in [1.807, 2.05) is 49.4 Å². The Morgan fingerprint density at radius 2 is 2.04 bits per heavy atom. The van der Waals surface area contributed by atoms with Gasteiger partial charge in [-0.1, -0.05) is 42.5 Å². The summed E-state index contributed by atoms with van der Waals surface area (Å²) in [5.74, 6) is -0.267. The Labute approximate surface area is 153 Å². The molecule has 2 aromatic rings. The summed E-state index contributed by atoms with van der Waals surface area (Å²) in [4.78, 5) is 26.3. The third-order valence-corrected chi connectivity index (χ3v) is 4.70. The number of nitrogens with zero attached hydrogens (tertiary/aromatic N) is 1. The molecule has 0 saturated carbocycles. The Bertz CT molecular complexity index is 785. The lowest BCUT2D eigenvalue weighted by Crippen LogP contribution is -2.53. The molecule has 0 aliphatic carbocycles. The molecule has 0 unspecified atom stereocenters. The molecule has 6 nitrogen and oxygen atoms in total. The number of rotatable bonds is 5. The Morgan fingerprint density at radius 1 is 1.27 bits per heavy atom. The highest BCUT2D eigenvalue weighted by molar-refractivity contribution is 5.91. The number of hydrogen-bond donors (Lipinski definition) is 2. The molecule has 26 heavy (non-hydrogen) atoms. The third kappa shape index (κ3) is 4.39. The SMILES string of the molecule is C[C@@H](N)[C@H]1CN(C(=O)CNC(=O)Cc2cccc3ccccc23)CCO1. The van der Waals surface area contributed by atoms with Gasteiger partial charge >= 0.3 is 0 Å². The first-order valence-corrected chi connectivity index (χ1v) is 8.93. The summed E-state index contributed by atoms with van der Waals surface area (Å²) in [6.45, 7) is 3.33. The molecule has 2 amide bonds. The second-order valence-electron chi connectivity index (χ2n) is 6.70. The summed E-state index contributed by atoms with van der Waals surface area (Å²) in [6.07, 6.45) is 0.0966. The fraction of sp³-hybridized carbons (Fsp3) is 0.400. The van der Waals surface area contributed by atoms with Gasteiger partial charge < -0.3 is 20.7 Å². The molecule has 0 radical (unpaired) electrons. The molecule has 0 aromatic heterocycles. The Kier molecular flexibility index (Phi) is 5.85. The fourth-order valence-electron chi connectivity index (χ4n) is 3.19. The van der Waals surface area contributed by atoms with Crippen molar-refractivity contribution in [1.29, 1.82) is 0 Å². The number of nitrogens with one attached hydrogen (secondary N) is 1. The van der Waals surface area contributed by atoms with E-state index in [9.17, 15) is 9.59 Å². The summed E-state index contributed by atoms with van der Waals surface area (Å²) in [5, 5.41) is 4.90. The Balaban J connectivity index is 1.54. The van der Waals surface area contributed by atoms with Crippen molar-refractivity contribution in [2.24, 2.45) is 5.73 Å². The lowest BCUT2D eigenvalue weighted by atomic mass is 10.0. The predicted molar refractivity (Wildman–Crippen MR) is 101 cm³/mol. The summed E-state index contributed by atoms with van der Waals surface area (Å²) in [7, 11) is 0. The monoisotopic (exact) mass is 355 g/mol. The van der Waals surface area contributed by atoms with Gasteiger partial charge in [0.25, 0.3) is 0 Å². The largest absolute Gasteiger partial charge is 0.373 e. The summed E-state index contributed by atoms with van der Waals surface area (Å²) < 4.78 is 5.56. The molecule has 0 bridgehead atoms. The van der Waals surface area contributed by atoms with Crippen molar-refractivity contribution >= 4 is 22.6 Å². The molecule has 3 rings (SSSR count). The average molecular weight is 355 g/mol. The maximum Gasteiger partial charge on any atom is 0.242 e. The molecule has 2 aromatic carbocycles. The second kappa shape index (κ2) is 8.29. The van der Waals surface area contributed by atoms with E-state index >= 15 is 0 Å². The zero-order chi connectivity index (χ0) is 18.5. The van der Waals surface area contributed by atoms with Crippen LogP contribution in [-0.2, 0) is 20.7 Å². The van der Waals surface area contributed by atoms with Crippen LogP contribution in [0.2, 0.25) is 0 Å². The van der Waals surface area contributed by atoms with Crippen LogP contribution in [0.5, 0.6) is 0 Å². The Morgan fingerprint density at radius 3 is 2.85 bits per heavy atom. The van der Waals surface area contributed by atoms with Crippen molar-refractivity contribution in [3.8, 4) is 0 Å². The smallest absolute Gasteiger partial charge is 0.242 e. The normalized spacial score (nSPS) is 18.5. The molecule has 1 saturated heterocycles. The van der Waals surface area contributed by atoms with Gasteiger partial charge in [0.05, 0.1) is 25.7 Å². The van der Waals surface area contributed by atoms with E-state index in [-0.39, 0.29) is 36.9 Å². The number of fused-ring (bicyclic) bond motifs is 1. The Hall–Kier alpha value is -2.44. The summed E-state index contributed by atoms with van der Waals surface area (Å²) in [5.41, 5.74) is 6.81. The fourth-order valence-corrected chi connectivity index (χ4v) is 3.19. The van der Waals surface area contributed by atoms with Crippen LogP contribution in [0.3, 0.4) is 0 Å². The van der Waals surface area contributed by atoms with Gasteiger partial charge in [-0.05, 0) is 23.3 Å². The number of hydrogen-bond acceptors (Lipinski definition) is 4. The van der Waals surface area contributed by atoms with Gasteiger partial charge in [0, 0.05) is 19.1 Å². The van der Waals surface area contributed by atoms with E-state index in [2.05, 4.69) is 5.32 Å². The predicted octanol–water partition coefficient (Wildman–Crippen LogP) is 1.07. The number of carbonyl (C=O) groups excluding carboxylic acids is 2. The van der Waals surface area contributed by atoms with Gasteiger partial charge in [-0.15, -0.1) is 0 Å². The minimum Gasteiger partial charge on any atom is -0.373 e. The number of amides is 2. The van der Waals surface area contributed by atoms with Gasteiger partial charge in [0.1, 0.15) is 0 Å². The van der Waals surface area contributed by atoms with Crippen molar-refractivity contribution in [2.45, 2.75) is 25.5 Å². The molecular formula is C20H25N3O3. The highest BCUT2D eigenvalue weighted by Crippen LogP contribution is 2.18. The molecule has 1 heterocycles. The van der Waals surface area contributed by atoms with Crippen LogP contribution in [-0.4, -0.2) is 55.1 Å². The molecular weight excluding hydrogens is 330 g/mol. The lowest BCUT2D eigenvalue weighted by molar-refractivity contribution is -0.139. The first kappa shape index (κ1) is 18.4. The van der Waals surface area contributed by atoms with Crippen molar-refractivity contribution in [1.82, 2.24) is 10.2 Å². The molecule has 0 spiro atoms. The van der Waals surface area contributed by atoms with Crippen molar-refractivity contribution in [3.63, 3.8) is 0 Å². The van der Waals surface area contributed by atoms with Crippen LogP contribution < -0.4 is 11.1 Å². The maximum absolute atomic E-state index is 12.4. The summed E-state index contributed by atoms with van der Waals surface area (Å²) >= 11 is 0. The van der Waals surface area contributed by atoms with Gasteiger partial charge in [0.15, 0.2) is 0 Å². The van der Waals surface area contributed by atoms with Crippen LogP contribution in [0, 0.1) is 0 Å². The second-order valence-corrected chi connectivity index (χ2v) is 6.70. The highest BCUT2D eigenvalue weighted by atomic mass is 16.5. The molecule has 1 aliphatic heterocycles. The van der Waals surface area contributed by atoms with E-state index in [1.165, 1.54) is 0 Å². The van der Waals surface area contributed by atoms with Crippen molar-refractivity contribution < 1.29 is 14.3 Å². The molecule has 2 atom stereocenters. The van der Waals surface area contributed by atoms with Gasteiger partial charge in [0.2, 0.25) is 11.8 Å². The van der Waals surface area contributed by atoms with E-state index in [1.54, 1.807) is 4.90 Å². The first-order valence-electron chi connectivity index (χ1n) is 8.93. The van der Waals surface area contributed by atoms with E-state index in [4.69, 9.17) is 10.5 Å². The van der Waals surface area contributed by atoms with E-state index in [0.29, 0.717) is 19.7 Å². The minimum atomic E-state index is -0.160. The molecule has 138 valence electrons. The number of benzene rings is 2. The lowest BCUT2D eigenvalue weighted by Gasteiger charge is -2.34. The summed E-state index contributed by atoms with van der Waals surface area (Å²) in [6, 6.07) is 13.7. The van der Waals surface area contributed by atoms with Crippen LogP contribution in [0.25, 0.3) is 10.8 Å². The number of nitrogens with two attached hydrogens (primary N) is 1. The molecule has 3 N–H and O–H groups in total. The average Bonchev–Trinajstić information content (AvgIpc) is 2.66. The number of carbonyl (C=O) groups is 2. The highest BCUT2D eigenvalue weighted by Gasteiger charge is 2.26. The van der Waals surface area contributed by atoms with Crippen LogP contribution >= 0.6 is 0 Å². The van der Waals surface area contributed by atoms with Crippen molar-refractivity contribution in [2.75, 3.05) is 26.2 Å². The van der Waals surface area contributed by atoms with Gasteiger partial charge in [-0.2, -0.15) is 0 Å². The first-order chi connectivity index (χ1) is 12.5. The quantitative estimate of drug-likeness (QED) is 0.840. The zero-order valence-electron chi connectivity index (χ0n) is 15.0. The topological polar surface area (TPSA) is 84.7 Å². The number of morpholine rings is 1. The van der Waals surface area contributed by atoms with E-state index in [0.717, 1.165) is 16.3 Å². The molecule has 6 heteroatoms.